The number of H-pyrrole nitrogens is 1. The summed E-state index contributed by atoms with van der Waals surface area (Å²) in [6, 6.07) is 0. The maximum absolute atomic E-state index is 11.9. The molecule has 1 saturated heterocycles. The van der Waals surface area contributed by atoms with Crippen LogP contribution in [-0.4, -0.2) is 43.8 Å². The molecule has 1 unspecified atom stereocenters. The lowest BCUT2D eigenvalue weighted by Crippen LogP contribution is -2.40. The molecule has 0 saturated carbocycles. The molecule has 3 rings (SSSR count). The fourth-order valence-electron chi connectivity index (χ4n) is 3.00. The maximum Gasteiger partial charge on any atom is 0.222 e. The topological polar surface area (TPSA) is 74.8 Å². The number of aromatic amines is 1. The Morgan fingerprint density at radius 3 is 3.14 bits per heavy atom. The number of rotatable bonds is 4. The van der Waals surface area contributed by atoms with E-state index in [-0.39, 0.29) is 5.91 Å². The molecule has 0 spiro atoms. The first-order chi connectivity index (χ1) is 10.8. The predicted octanol–water partition coefficient (Wildman–Crippen LogP) is 2.06. The summed E-state index contributed by atoms with van der Waals surface area (Å²) in [5.74, 6) is 1.45. The SMILES string of the molecule is CCC(=O)N1CCCC(Cc2cncc(-c3ncc[nH]3)n2)C1. The maximum atomic E-state index is 11.9. The van der Waals surface area contributed by atoms with Crippen LogP contribution in [-0.2, 0) is 11.2 Å². The minimum Gasteiger partial charge on any atom is -0.343 e. The Morgan fingerprint density at radius 1 is 1.45 bits per heavy atom. The van der Waals surface area contributed by atoms with Crippen LogP contribution in [0.25, 0.3) is 11.5 Å². The number of likely N-dealkylation sites (tertiary alicyclic amines) is 1. The third kappa shape index (κ3) is 3.32. The molecule has 116 valence electrons. The van der Waals surface area contributed by atoms with Crippen LogP contribution < -0.4 is 0 Å². The van der Waals surface area contributed by atoms with Crippen LogP contribution in [0.5, 0.6) is 0 Å². The Kier molecular flexibility index (Phi) is 4.46. The van der Waals surface area contributed by atoms with Gasteiger partial charge in [-0.3, -0.25) is 9.78 Å². The average molecular weight is 299 g/mol. The van der Waals surface area contributed by atoms with Crippen LogP contribution in [0.15, 0.2) is 24.8 Å². The van der Waals surface area contributed by atoms with Crippen molar-refractivity contribution in [1.29, 1.82) is 0 Å². The predicted molar refractivity (Wildman–Crippen MR) is 82.9 cm³/mol. The molecule has 0 bridgehead atoms. The van der Waals surface area contributed by atoms with Crippen molar-refractivity contribution < 1.29 is 4.79 Å². The highest BCUT2D eigenvalue weighted by atomic mass is 16.2. The summed E-state index contributed by atoms with van der Waals surface area (Å²) < 4.78 is 0. The molecule has 6 heteroatoms. The number of carbonyl (C=O) groups excluding carboxylic acids is 1. The smallest absolute Gasteiger partial charge is 0.222 e. The second-order valence-electron chi connectivity index (χ2n) is 5.74. The molecule has 1 N–H and O–H groups in total. The van der Waals surface area contributed by atoms with Crippen molar-refractivity contribution in [3.63, 3.8) is 0 Å². The lowest BCUT2D eigenvalue weighted by Gasteiger charge is -2.32. The summed E-state index contributed by atoms with van der Waals surface area (Å²) in [6.45, 7) is 3.64. The average Bonchev–Trinajstić information content (AvgIpc) is 3.09. The second kappa shape index (κ2) is 6.68. The number of hydrogen-bond acceptors (Lipinski definition) is 4. The highest BCUT2D eigenvalue weighted by Gasteiger charge is 2.23. The Balaban J connectivity index is 1.68. The summed E-state index contributed by atoms with van der Waals surface area (Å²) in [7, 11) is 0. The molecule has 6 nitrogen and oxygen atoms in total. The Bertz CT molecular complexity index is 625. The number of nitrogens with one attached hydrogen (secondary N) is 1. The molecule has 2 aromatic rings. The molecular weight excluding hydrogens is 278 g/mol. The lowest BCUT2D eigenvalue weighted by molar-refractivity contribution is -0.132. The van der Waals surface area contributed by atoms with Gasteiger partial charge in [-0.25, -0.2) is 9.97 Å². The van der Waals surface area contributed by atoms with E-state index in [0.29, 0.717) is 12.3 Å². The van der Waals surface area contributed by atoms with E-state index in [2.05, 4.69) is 19.9 Å². The number of piperidine rings is 1. The van der Waals surface area contributed by atoms with Gasteiger partial charge in [0.15, 0.2) is 5.82 Å². The zero-order valence-corrected chi connectivity index (χ0v) is 12.8. The first kappa shape index (κ1) is 14.7. The number of carbonyl (C=O) groups is 1. The first-order valence-electron chi connectivity index (χ1n) is 7.84. The number of nitrogens with zero attached hydrogens (tertiary/aromatic N) is 4. The van der Waals surface area contributed by atoms with Gasteiger partial charge in [0.25, 0.3) is 0 Å². The van der Waals surface area contributed by atoms with Crippen LogP contribution in [0.2, 0.25) is 0 Å². The van der Waals surface area contributed by atoms with Crippen molar-refractivity contribution in [3.8, 4) is 11.5 Å². The van der Waals surface area contributed by atoms with Gasteiger partial charge >= 0.3 is 0 Å². The lowest BCUT2D eigenvalue weighted by atomic mass is 9.93. The summed E-state index contributed by atoms with van der Waals surface area (Å²) in [5, 5.41) is 0. The van der Waals surface area contributed by atoms with Gasteiger partial charge in [-0.15, -0.1) is 0 Å². The molecule has 2 aromatic heterocycles. The van der Waals surface area contributed by atoms with Gasteiger partial charge in [0, 0.05) is 38.1 Å². The molecule has 22 heavy (non-hydrogen) atoms. The Labute approximate surface area is 130 Å². The summed E-state index contributed by atoms with van der Waals surface area (Å²) in [5.41, 5.74) is 1.73. The quantitative estimate of drug-likeness (QED) is 0.937. The fraction of sp³-hybridized carbons (Fsp3) is 0.500. The van der Waals surface area contributed by atoms with Crippen molar-refractivity contribution in [1.82, 2.24) is 24.8 Å². The standard InChI is InChI=1S/C16H21N5O/c1-2-15(22)21-7-3-4-12(11-21)8-13-9-17-10-14(20-13)16-18-5-6-19-16/h5-6,9-10,12H,2-4,7-8,11H2,1H3,(H,18,19). The third-order valence-electron chi connectivity index (χ3n) is 4.10. The van der Waals surface area contributed by atoms with Gasteiger partial charge in [-0.05, 0) is 25.2 Å². The number of imidazole rings is 1. The van der Waals surface area contributed by atoms with Crippen molar-refractivity contribution in [2.24, 2.45) is 5.92 Å². The summed E-state index contributed by atoms with van der Waals surface area (Å²) in [4.78, 5) is 30.0. The zero-order chi connectivity index (χ0) is 15.4. The highest BCUT2D eigenvalue weighted by Crippen LogP contribution is 2.21. The number of amides is 1. The normalized spacial score (nSPS) is 18.4. The Hall–Kier alpha value is -2.24. The van der Waals surface area contributed by atoms with E-state index in [1.165, 1.54) is 0 Å². The molecule has 1 aliphatic heterocycles. The number of aromatic nitrogens is 4. The molecule has 1 fully saturated rings. The van der Waals surface area contributed by atoms with Crippen LogP contribution >= 0.6 is 0 Å². The van der Waals surface area contributed by atoms with E-state index < -0.39 is 0 Å². The van der Waals surface area contributed by atoms with Crippen molar-refractivity contribution in [3.05, 3.63) is 30.5 Å². The first-order valence-corrected chi connectivity index (χ1v) is 7.84. The van der Waals surface area contributed by atoms with Gasteiger partial charge in [-0.2, -0.15) is 0 Å². The third-order valence-corrected chi connectivity index (χ3v) is 4.10. The van der Waals surface area contributed by atoms with Crippen molar-refractivity contribution >= 4 is 5.91 Å². The second-order valence-corrected chi connectivity index (χ2v) is 5.74. The van der Waals surface area contributed by atoms with Crippen molar-refractivity contribution in [2.75, 3.05) is 13.1 Å². The number of hydrogen-bond donors (Lipinski definition) is 1. The van der Waals surface area contributed by atoms with E-state index in [4.69, 9.17) is 0 Å². The van der Waals surface area contributed by atoms with E-state index in [0.717, 1.165) is 49.6 Å². The summed E-state index contributed by atoms with van der Waals surface area (Å²) >= 11 is 0. The van der Waals surface area contributed by atoms with Gasteiger partial charge < -0.3 is 9.88 Å². The van der Waals surface area contributed by atoms with Gasteiger partial charge in [0.1, 0.15) is 5.69 Å². The van der Waals surface area contributed by atoms with Crippen LogP contribution in [0, 0.1) is 5.92 Å². The van der Waals surface area contributed by atoms with Crippen LogP contribution in [0.4, 0.5) is 0 Å². The molecular formula is C16H21N5O. The van der Waals surface area contributed by atoms with Gasteiger partial charge in [0.05, 0.1) is 11.9 Å². The largest absolute Gasteiger partial charge is 0.343 e. The molecule has 3 heterocycles. The van der Waals surface area contributed by atoms with E-state index in [1.54, 1.807) is 18.6 Å². The van der Waals surface area contributed by atoms with Gasteiger partial charge in [0.2, 0.25) is 5.91 Å². The van der Waals surface area contributed by atoms with Crippen LogP contribution in [0.3, 0.4) is 0 Å². The molecule has 1 atom stereocenters. The minimum atomic E-state index is 0.250. The summed E-state index contributed by atoms with van der Waals surface area (Å²) in [6.07, 6.45) is 10.7. The molecule has 0 aliphatic carbocycles. The van der Waals surface area contributed by atoms with E-state index >= 15 is 0 Å². The van der Waals surface area contributed by atoms with E-state index in [9.17, 15) is 4.79 Å². The van der Waals surface area contributed by atoms with Crippen molar-refractivity contribution in [2.45, 2.75) is 32.6 Å². The molecule has 1 aliphatic rings. The zero-order valence-electron chi connectivity index (χ0n) is 12.8. The molecule has 0 radical (unpaired) electrons. The monoisotopic (exact) mass is 299 g/mol. The fourth-order valence-corrected chi connectivity index (χ4v) is 3.00. The van der Waals surface area contributed by atoms with E-state index in [1.807, 2.05) is 18.0 Å². The minimum absolute atomic E-state index is 0.250. The molecule has 1 amide bonds. The highest BCUT2D eigenvalue weighted by molar-refractivity contribution is 5.75. The molecule has 0 aromatic carbocycles. The van der Waals surface area contributed by atoms with Gasteiger partial charge in [-0.1, -0.05) is 6.92 Å². The van der Waals surface area contributed by atoms with Crippen LogP contribution in [0.1, 0.15) is 31.9 Å². The Morgan fingerprint density at radius 2 is 2.36 bits per heavy atom.